The third-order valence-corrected chi connectivity index (χ3v) is 10.0. The molecule has 2 bridgehead atoms. The van der Waals surface area contributed by atoms with Crippen molar-refractivity contribution >= 4 is 5.91 Å². The Balaban J connectivity index is 0.00000108. The first-order chi connectivity index (χ1) is 15.2. The molecular formula is C28H46N2O. The van der Waals surface area contributed by atoms with E-state index in [0.717, 1.165) is 43.7 Å². The predicted molar refractivity (Wildman–Crippen MR) is 131 cm³/mol. The zero-order valence-electron chi connectivity index (χ0n) is 19.2. The Morgan fingerprint density at radius 2 is 1.55 bits per heavy atom. The highest BCUT2D eigenvalue weighted by Crippen LogP contribution is 2.50. The molecule has 2 saturated carbocycles. The van der Waals surface area contributed by atoms with Crippen molar-refractivity contribution in [3.8, 4) is 0 Å². The summed E-state index contributed by atoms with van der Waals surface area (Å²) < 4.78 is 0. The highest BCUT2D eigenvalue weighted by molar-refractivity contribution is 5.78. The monoisotopic (exact) mass is 426 g/mol. The fraction of sp³-hybridized carbons (Fsp3) is 0.750. The number of carbonyl (C=O) groups excluding carboxylic acids is 1. The molecule has 1 aromatic rings. The molecule has 3 aliphatic carbocycles. The Kier molecular flexibility index (Phi) is 5.37. The summed E-state index contributed by atoms with van der Waals surface area (Å²) in [6.07, 6.45) is 17.3. The maximum atomic E-state index is 12.5. The minimum atomic E-state index is 0. The Morgan fingerprint density at radius 3 is 2.26 bits per heavy atom. The largest absolute Gasteiger partial charge is 0.336 e. The Bertz CT molecular complexity index is 812. The first kappa shape index (κ1) is 20.3. The molecule has 2 saturated heterocycles. The molecule has 2 heterocycles. The molecule has 3 nitrogen and oxygen atoms in total. The molecule has 4 atom stereocenters. The molecule has 1 aromatic carbocycles. The van der Waals surface area contributed by atoms with E-state index in [0.29, 0.717) is 17.4 Å². The highest BCUT2D eigenvalue weighted by Gasteiger charge is 2.45. The second kappa shape index (κ2) is 8.21. The van der Waals surface area contributed by atoms with Crippen molar-refractivity contribution in [3.05, 3.63) is 35.4 Å². The summed E-state index contributed by atoms with van der Waals surface area (Å²) in [7, 11) is 0. The van der Waals surface area contributed by atoms with Crippen molar-refractivity contribution in [1.82, 2.24) is 9.80 Å². The van der Waals surface area contributed by atoms with Gasteiger partial charge in [-0.3, -0.25) is 4.79 Å². The first-order valence-corrected chi connectivity index (χ1v) is 13.3. The van der Waals surface area contributed by atoms with Gasteiger partial charge in [0.15, 0.2) is 0 Å². The van der Waals surface area contributed by atoms with Crippen molar-refractivity contribution in [3.63, 3.8) is 0 Å². The van der Waals surface area contributed by atoms with Crippen LogP contribution in [0, 0.1) is 11.8 Å². The molecule has 1 amide bonds. The van der Waals surface area contributed by atoms with E-state index in [4.69, 9.17) is 0 Å². The van der Waals surface area contributed by atoms with Gasteiger partial charge in [0.1, 0.15) is 0 Å². The van der Waals surface area contributed by atoms with Gasteiger partial charge < -0.3 is 9.80 Å². The Hall–Kier alpha value is -1.35. The number of nitrogens with zero attached hydrogens (tertiary/aromatic N) is 2. The van der Waals surface area contributed by atoms with Gasteiger partial charge in [-0.15, -0.1) is 0 Å². The van der Waals surface area contributed by atoms with Crippen LogP contribution in [0.3, 0.4) is 0 Å². The smallest absolute Gasteiger partial charge is 0.223 e. The SMILES string of the molecule is O=C1CCCN1[C@H]1CCC2(CCN(C3CCC4CC[C@@H](CC3)C4)CC2)c2ccccc21.[HH].[HH].[HH]. The van der Waals surface area contributed by atoms with Crippen molar-refractivity contribution in [1.29, 1.82) is 0 Å². The third kappa shape index (κ3) is 3.65. The van der Waals surface area contributed by atoms with Crippen LogP contribution in [0.4, 0.5) is 0 Å². The third-order valence-electron chi connectivity index (χ3n) is 10.0. The summed E-state index contributed by atoms with van der Waals surface area (Å²) in [6, 6.07) is 10.4. The number of likely N-dealkylation sites (tertiary alicyclic amines) is 2. The van der Waals surface area contributed by atoms with Crippen LogP contribution in [-0.2, 0) is 10.2 Å². The lowest BCUT2D eigenvalue weighted by atomic mass is 9.63. The Morgan fingerprint density at radius 1 is 0.839 bits per heavy atom. The van der Waals surface area contributed by atoms with Gasteiger partial charge in [0.25, 0.3) is 0 Å². The number of hydrogen-bond acceptors (Lipinski definition) is 2. The lowest BCUT2D eigenvalue weighted by molar-refractivity contribution is -0.130. The molecule has 2 aliphatic heterocycles. The molecule has 31 heavy (non-hydrogen) atoms. The van der Waals surface area contributed by atoms with Crippen LogP contribution >= 0.6 is 0 Å². The highest BCUT2D eigenvalue weighted by atomic mass is 16.2. The van der Waals surface area contributed by atoms with Crippen molar-refractivity contribution in [2.75, 3.05) is 19.6 Å². The van der Waals surface area contributed by atoms with E-state index in [1.165, 1.54) is 82.9 Å². The second-order valence-corrected chi connectivity index (χ2v) is 11.5. The number of piperidine rings is 1. The molecule has 2 unspecified atom stereocenters. The van der Waals surface area contributed by atoms with Gasteiger partial charge in [-0.2, -0.15) is 0 Å². The Labute approximate surface area is 193 Å². The quantitative estimate of drug-likeness (QED) is 0.533. The van der Waals surface area contributed by atoms with E-state index in [2.05, 4.69) is 34.1 Å². The molecule has 6 rings (SSSR count). The van der Waals surface area contributed by atoms with Crippen LogP contribution in [0.5, 0.6) is 0 Å². The molecule has 5 aliphatic rings. The summed E-state index contributed by atoms with van der Waals surface area (Å²) in [5.74, 6) is 2.46. The van der Waals surface area contributed by atoms with Gasteiger partial charge in [-0.25, -0.2) is 0 Å². The molecule has 4 fully saturated rings. The zero-order chi connectivity index (χ0) is 20.8. The molecule has 174 valence electrons. The van der Waals surface area contributed by atoms with E-state index in [1.807, 2.05) is 0 Å². The first-order valence-electron chi connectivity index (χ1n) is 13.3. The topological polar surface area (TPSA) is 23.6 Å². The van der Waals surface area contributed by atoms with E-state index < -0.39 is 0 Å². The second-order valence-electron chi connectivity index (χ2n) is 11.5. The van der Waals surface area contributed by atoms with Crippen molar-refractivity contribution < 1.29 is 9.07 Å². The minimum absolute atomic E-state index is 0. The minimum Gasteiger partial charge on any atom is -0.336 e. The number of hydrogen-bond donors (Lipinski definition) is 0. The maximum absolute atomic E-state index is 12.5. The van der Waals surface area contributed by atoms with Gasteiger partial charge in [0.2, 0.25) is 5.91 Å². The number of fused-ring (bicyclic) bond motifs is 4. The summed E-state index contributed by atoms with van der Waals surface area (Å²) >= 11 is 0. The number of carbonyl (C=O) groups is 1. The van der Waals surface area contributed by atoms with Gasteiger partial charge in [-0.1, -0.05) is 37.1 Å². The molecule has 1 spiro atoms. The van der Waals surface area contributed by atoms with Gasteiger partial charge in [0.05, 0.1) is 6.04 Å². The number of benzene rings is 1. The lowest BCUT2D eigenvalue weighted by Crippen LogP contribution is -2.49. The van der Waals surface area contributed by atoms with E-state index >= 15 is 0 Å². The van der Waals surface area contributed by atoms with Gasteiger partial charge in [-0.05, 0) is 106 Å². The normalized spacial score (nSPS) is 35.7. The molecular weight excluding hydrogens is 380 g/mol. The van der Waals surface area contributed by atoms with E-state index in [1.54, 1.807) is 5.56 Å². The van der Waals surface area contributed by atoms with Crippen LogP contribution in [0.1, 0.15) is 105 Å². The average molecular weight is 427 g/mol. The standard InChI is InChI=1S/C28H40N2O.3H2/c31-27-6-3-17-30(27)26-13-14-28(25-5-2-1-4-24(25)26)15-18-29(19-16-28)23-11-9-21-7-8-22(20-21)10-12-23;;;/h1-2,4-5,21-23,26H,3,6-20H2;3*1H/t21-,22?,23?,26-;;;/m0.../s1. The summed E-state index contributed by atoms with van der Waals surface area (Å²) in [5.41, 5.74) is 3.41. The number of rotatable bonds is 2. The summed E-state index contributed by atoms with van der Waals surface area (Å²) in [6.45, 7) is 3.52. The van der Waals surface area contributed by atoms with Crippen LogP contribution in [0.25, 0.3) is 0 Å². The molecule has 0 N–H and O–H groups in total. The molecule has 0 radical (unpaired) electrons. The summed E-state index contributed by atoms with van der Waals surface area (Å²) in [4.78, 5) is 17.6. The van der Waals surface area contributed by atoms with Crippen LogP contribution < -0.4 is 0 Å². The number of amides is 1. The van der Waals surface area contributed by atoms with E-state index in [9.17, 15) is 4.79 Å². The maximum Gasteiger partial charge on any atom is 0.223 e. The van der Waals surface area contributed by atoms with Crippen molar-refractivity contribution in [2.45, 2.75) is 101 Å². The lowest BCUT2D eigenvalue weighted by Gasteiger charge is -2.50. The fourth-order valence-corrected chi connectivity index (χ4v) is 8.20. The molecule has 0 aromatic heterocycles. The van der Waals surface area contributed by atoms with Crippen LogP contribution in [0.15, 0.2) is 24.3 Å². The van der Waals surface area contributed by atoms with Gasteiger partial charge >= 0.3 is 0 Å². The summed E-state index contributed by atoms with van der Waals surface area (Å²) in [5, 5.41) is 0. The average Bonchev–Trinajstić information content (AvgIpc) is 3.44. The van der Waals surface area contributed by atoms with Crippen LogP contribution in [-0.4, -0.2) is 41.4 Å². The van der Waals surface area contributed by atoms with Crippen molar-refractivity contribution in [2.24, 2.45) is 11.8 Å². The zero-order valence-corrected chi connectivity index (χ0v) is 19.2. The van der Waals surface area contributed by atoms with Crippen LogP contribution in [0.2, 0.25) is 0 Å². The predicted octanol–water partition coefficient (Wildman–Crippen LogP) is 6.57. The van der Waals surface area contributed by atoms with E-state index in [-0.39, 0.29) is 4.28 Å². The van der Waals surface area contributed by atoms with Gasteiger partial charge in [0, 0.05) is 23.3 Å². The molecule has 3 heteroatoms. The fourth-order valence-electron chi connectivity index (χ4n) is 8.20.